The lowest BCUT2D eigenvalue weighted by atomic mass is 9.42. The quantitative estimate of drug-likeness (QED) is 0.517. The molecular formula is C25H38O5. The largest absolute Gasteiger partial charge is 0.396 e. The summed E-state index contributed by atoms with van der Waals surface area (Å²) in [4.78, 5) is 13.8. The molecule has 5 heteroatoms. The van der Waals surface area contributed by atoms with Crippen molar-refractivity contribution >= 4 is 5.78 Å². The third-order valence-electron chi connectivity index (χ3n) is 9.97. The van der Waals surface area contributed by atoms with Crippen LogP contribution in [0.1, 0.15) is 67.2 Å². The number of carbonyl (C=O) groups is 1. The molecule has 4 aliphatic rings. The van der Waals surface area contributed by atoms with E-state index >= 15 is 0 Å². The molecule has 30 heavy (non-hydrogen) atoms. The molecule has 0 heterocycles. The topological polar surface area (TPSA) is 98.0 Å². The van der Waals surface area contributed by atoms with Crippen molar-refractivity contribution in [2.24, 2.45) is 33.5 Å². The van der Waals surface area contributed by atoms with E-state index in [-0.39, 0.29) is 30.6 Å². The summed E-state index contributed by atoms with van der Waals surface area (Å²) in [5, 5.41) is 43.2. The normalized spacial score (nSPS) is 48.6. The summed E-state index contributed by atoms with van der Waals surface area (Å²) >= 11 is 0. The molecule has 8 atom stereocenters. The van der Waals surface area contributed by atoms with E-state index < -0.39 is 40.0 Å². The highest BCUT2D eigenvalue weighted by Gasteiger charge is 2.67. The number of carbonyl (C=O) groups excluding carboxylic acids is 1. The van der Waals surface area contributed by atoms with Gasteiger partial charge in [0.25, 0.3) is 0 Å². The summed E-state index contributed by atoms with van der Waals surface area (Å²) in [6.07, 6.45) is 1.80. The minimum absolute atomic E-state index is 0.0123. The van der Waals surface area contributed by atoms with Gasteiger partial charge in [0.15, 0.2) is 5.78 Å². The molecule has 5 nitrogen and oxygen atoms in total. The number of ketones is 1. The van der Waals surface area contributed by atoms with Crippen molar-refractivity contribution in [3.63, 3.8) is 0 Å². The molecule has 0 bridgehead atoms. The zero-order chi connectivity index (χ0) is 22.4. The van der Waals surface area contributed by atoms with Crippen LogP contribution in [0.2, 0.25) is 0 Å². The van der Waals surface area contributed by atoms with Crippen LogP contribution in [0.4, 0.5) is 0 Å². The Kier molecular flexibility index (Phi) is 4.81. The van der Waals surface area contributed by atoms with E-state index in [9.17, 15) is 25.2 Å². The molecule has 0 unspecified atom stereocenters. The Labute approximate surface area is 179 Å². The predicted octanol–water partition coefficient (Wildman–Crippen LogP) is 2.77. The Hall–Kier alpha value is -1.01. The number of hydrogen-bond acceptors (Lipinski definition) is 5. The number of aliphatic hydroxyl groups excluding tert-OH is 4. The zero-order valence-electron chi connectivity index (χ0n) is 19.2. The van der Waals surface area contributed by atoms with Gasteiger partial charge in [-0.3, -0.25) is 4.79 Å². The van der Waals surface area contributed by atoms with E-state index in [4.69, 9.17) is 0 Å². The fourth-order valence-electron chi connectivity index (χ4n) is 7.89. The van der Waals surface area contributed by atoms with Crippen molar-refractivity contribution in [2.45, 2.75) is 85.5 Å². The van der Waals surface area contributed by atoms with Gasteiger partial charge in [-0.15, -0.1) is 0 Å². The van der Waals surface area contributed by atoms with Gasteiger partial charge >= 0.3 is 0 Å². The lowest BCUT2D eigenvalue weighted by Gasteiger charge is -2.62. The molecule has 0 aliphatic heterocycles. The van der Waals surface area contributed by atoms with Gasteiger partial charge < -0.3 is 20.4 Å². The summed E-state index contributed by atoms with van der Waals surface area (Å²) in [7, 11) is 0. The Morgan fingerprint density at radius 2 is 1.77 bits per heavy atom. The lowest BCUT2D eigenvalue weighted by Crippen LogP contribution is -2.61. The molecule has 4 aliphatic carbocycles. The van der Waals surface area contributed by atoms with Crippen LogP contribution < -0.4 is 0 Å². The molecule has 0 radical (unpaired) electrons. The summed E-state index contributed by atoms with van der Waals surface area (Å²) in [6.45, 7) is 12.1. The van der Waals surface area contributed by atoms with Crippen LogP contribution in [0.25, 0.3) is 0 Å². The first-order chi connectivity index (χ1) is 13.8. The molecule has 0 amide bonds. The number of aliphatic hydroxyl groups is 4. The van der Waals surface area contributed by atoms with Crippen LogP contribution >= 0.6 is 0 Å². The van der Waals surface area contributed by atoms with Crippen LogP contribution in [0.15, 0.2) is 22.8 Å². The molecule has 0 saturated heterocycles. The predicted molar refractivity (Wildman–Crippen MR) is 114 cm³/mol. The molecule has 168 valence electrons. The summed E-state index contributed by atoms with van der Waals surface area (Å²) < 4.78 is 0. The Morgan fingerprint density at radius 1 is 1.13 bits per heavy atom. The second-order valence-corrected chi connectivity index (χ2v) is 11.7. The Morgan fingerprint density at radius 3 is 2.37 bits per heavy atom. The van der Waals surface area contributed by atoms with Gasteiger partial charge in [0.05, 0.1) is 18.3 Å². The molecule has 0 spiro atoms. The Balaban J connectivity index is 1.94. The smallest absolute Gasteiger partial charge is 0.160 e. The van der Waals surface area contributed by atoms with E-state index in [0.717, 1.165) is 5.57 Å². The standard InChI is InChI=1S/C25H38O5/c1-13(12-26)14-9-19(30)25(6)21-15(27)10-17-22(2,3)18(29)7-8-23(17,4)20(21)16(28)11-24(14,25)5/h9,13,15,17-19,26-27,29-30H,7-8,10-12H2,1-6H3/t13-,15+,17+,18+,19+,23+,24-,25+/m1/s1. The van der Waals surface area contributed by atoms with E-state index in [0.29, 0.717) is 30.4 Å². The summed E-state index contributed by atoms with van der Waals surface area (Å²) in [6, 6.07) is 0. The van der Waals surface area contributed by atoms with Crippen LogP contribution in [-0.4, -0.2) is 51.1 Å². The fraction of sp³-hybridized carbons (Fsp3) is 0.800. The van der Waals surface area contributed by atoms with Gasteiger partial charge in [0, 0.05) is 35.3 Å². The first-order valence-electron chi connectivity index (χ1n) is 11.4. The maximum atomic E-state index is 13.8. The van der Waals surface area contributed by atoms with Crippen molar-refractivity contribution in [3.8, 4) is 0 Å². The van der Waals surface area contributed by atoms with Crippen LogP contribution in [-0.2, 0) is 4.79 Å². The molecule has 0 aromatic heterocycles. The van der Waals surface area contributed by atoms with E-state index in [1.165, 1.54) is 0 Å². The van der Waals surface area contributed by atoms with E-state index in [1.807, 2.05) is 40.7 Å². The van der Waals surface area contributed by atoms with Gasteiger partial charge in [-0.1, -0.05) is 53.2 Å². The molecule has 1 fully saturated rings. The van der Waals surface area contributed by atoms with Crippen molar-refractivity contribution in [3.05, 3.63) is 22.8 Å². The number of rotatable bonds is 2. The molecule has 0 aromatic carbocycles. The van der Waals surface area contributed by atoms with Crippen LogP contribution in [0.5, 0.6) is 0 Å². The second kappa shape index (κ2) is 6.50. The maximum absolute atomic E-state index is 13.8. The molecule has 1 saturated carbocycles. The molecule has 4 rings (SSSR count). The monoisotopic (exact) mass is 418 g/mol. The number of Topliss-reactive ketones (excluding diaryl/α,β-unsaturated/α-hetero) is 1. The van der Waals surface area contributed by atoms with Crippen molar-refractivity contribution in [1.29, 1.82) is 0 Å². The van der Waals surface area contributed by atoms with Crippen molar-refractivity contribution in [1.82, 2.24) is 0 Å². The van der Waals surface area contributed by atoms with Gasteiger partial charge in [-0.05, 0) is 41.6 Å². The van der Waals surface area contributed by atoms with E-state index in [1.54, 1.807) is 0 Å². The van der Waals surface area contributed by atoms with Crippen LogP contribution in [0, 0.1) is 33.5 Å². The third-order valence-corrected chi connectivity index (χ3v) is 9.97. The van der Waals surface area contributed by atoms with E-state index in [2.05, 4.69) is 6.92 Å². The molecular weight excluding hydrogens is 380 g/mol. The highest BCUT2D eigenvalue weighted by atomic mass is 16.3. The van der Waals surface area contributed by atoms with Gasteiger partial charge in [-0.25, -0.2) is 0 Å². The van der Waals surface area contributed by atoms with Crippen molar-refractivity contribution < 1.29 is 25.2 Å². The average molecular weight is 419 g/mol. The van der Waals surface area contributed by atoms with Crippen LogP contribution in [0.3, 0.4) is 0 Å². The maximum Gasteiger partial charge on any atom is 0.160 e. The first-order valence-corrected chi connectivity index (χ1v) is 11.4. The van der Waals surface area contributed by atoms with Gasteiger partial charge in [0.2, 0.25) is 0 Å². The second-order valence-electron chi connectivity index (χ2n) is 11.7. The molecule has 0 aromatic rings. The summed E-state index contributed by atoms with van der Waals surface area (Å²) in [5.74, 6) is -0.121. The third kappa shape index (κ3) is 2.41. The van der Waals surface area contributed by atoms with Crippen molar-refractivity contribution in [2.75, 3.05) is 6.61 Å². The highest BCUT2D eigenvalue weighted by molar-refractivity contribution is 6.00. The number of hydrogen-bond donors (Lipinski definition) is 4. The summed E-state index contributed by atoms with van der Waals surface area (Å²) in [5.41, 5.74) is 0.0638. The minimum atomic E-state index is -0.831. The number of allylic oxidation sites excluding steroid dienone is 1. The lowest BCUT2D eigenvalue weighted by molar-refractivity contribution is -0.137. The molecule has 4 N–H and O–H groups in total. The minimum Gasteiger partial charge on any atom is -0.396 e. The fourth-order valence-corrected chi connectivity index (χ4v) is 7.89. The number of fused-ring (bicyclic) bond motifs is 4. The average Bonchev–Trinajstić information content (AvgIpc) is 2.87. The zero-order valence-corrected chi connectivity index (χ0v) is 19.2. The first kappa shape index (κ1) is 22.2. The highest BCUT2D eigenvalue weighted by Crippen LogP contribution is 2.70. The Bertz CT molecular complexity index is 840. The van der Waals surface area contributed by atoms with Gasteiger partial charge in [-0.2, -0.15) is 0 Å². The van der Waals surface area contributed by atoms with Gasteiger partial charge in [0.1, 0.15) is 0 Å². The SMILES string of the molecule is C[C@H](CO)C1=C[C@H](O)[C@@]2(C)C3=C(C(=O)C[C@]12C)[C@@]1(C)CC[C@H](O)C(C)(C)[C@@H]1C[C@@H]3O.